The maximum Gasteiger partial charge on any atom is 0.191 e. The van der Waals surface area contributed by atoms with Crippen molar-refractivity contribution < 1.29 is 4.74 Å². The van der Waals surface area contributed by atoms with Crippen LogP contribution in [0.4, 0.5) is 0 Å². The Kier molecular flexibility index (Phi) is 9.13. The van der Waals surface area contributed by atoms with Gasteiger partial charge in [-0.25, -0.2) is 0 Å². The van der Waals surface area contributed by atoms with Crippen LogP contribution in [0.3, 0.4) is 0 Å². The molecule has 8 heteroatoms. The first-order chi connectivity index (χ1) is 13.6. The zero-order valence-electron chi connectivity index (χ0n) is 18.0. The predicted octanol–water partition coefficient (Wildman–Crippen LogP) is 3.43. The summed E-state index contributed by atoms with van der Waals surface area (Å²) in [7, 11) is 1.82. The molecule has 2 aromatic rings. The molecule has 0 radical (unpaired) electrons. The van der Waals surface area contributed by atoms with E-state index in [0.29, 0.717) is 12.1 Å². The Bertz CT molecular complexity index is 790. The first-order valence-electron chi connectivity index (χ1n) is 10.4. The van der Waals surface area contributed by atoms with Crippen molar-refractivity contribution in [1.82, 2.24) is 25.2 Å². The van der Waals surface area contributed by atoms with Crippen LogP contribution in [-0.4, -0.2) is 52.9 Å². The van der Waals surface area contributed by atoms with E-state index in [1.165, 1.54) is 6.42 Å². The van der Waals surface area contributed by atoms with Gasteiger partial charge in [-0.2, -0.15) is 0 Å². The lowest BCUT2D eigenvalue weighted by molar-refractivity contribution is -0.113. The van der Waals surface area contributed by atoms with E-state index < -0.39 is 0 Å². The lowest BCUT2D eigenvalue weighted by atomic mass is 9.64. The number of guanidine groups is 1. The molecule has 29 heavy (non-hydrogen) atoms. The third kappa shape index (κ3) is 5.81. The summed E-state index contributed by atoms with van der Waals surface area (Å²) in [6.45, 7) is 8.44. The van der Waals surface area contributed by atoms with Crippen molar-refractivity contribution in [3.63, 3.8) is 0 Å². The van der Waals surface area contributed by atoms with Crippen LogP contribution in [0.5, 0.6) is 0 Å². The molecule has 2 N–H and O–H groups in total. The number of hydrogen-bond acceptors (Lipinski definition) is 4. The molecule has 7 nitrogen and oxygen atoms in total. The molecule has 162 valence electrons. The highest BCUT2D eigenvalue weighted by Gasteiger charge is 2.49. The highest BCUT2D eigenvalue weighted by Crippen LogP contribution is 2.42. The van der Waals surface area contributed by atoms with Crippen LogP contribution in [0.25, 0.3) is 5.65 Å². The fourth-order valence-corrected chi connectivity index (χ4v) is 3.66. The Morgan fingerprint density at radius 3 is 2.86 bits per heavy atom. The minimum Gasteiger partial charge on any atom is -0.378 e. The van der Waals surface area contributed by atoms with E-state index in [0.717, 1.165) is 56.3 Å². The fourth-order valence-electron chi connectivity index (χ4n) is 3.66. The van der Waals surface area contributed by atoms with Crippen molar-refractivity contribution in [3.8, 4) is 0 Å². The molecule has 3 rings (SSSR count). The predicted molar refractivity (Wildman–Crippen MR) is 128 cm³/mol. The van der Waals surface area contributed by atoms with Crippen LogP contribution >= 0.6 is 24.0 Å². The summed E-state index contributed by atoms with van der Waals surface area (Å²) in [5.74, 6) is 1.85. The van der Waals surface area contributed by atoms with E-state index in [1.807, 2.05) is 35.8 Å². The van der Waals surface area contributed by atoms with Gasteiger partial charge in [-0.15, -0.1) is 34.2 Å². The number of hydrogen-bond donors (Lipinski definition) is 2. The summed E-state index contributed by atoms with van der Waals surface area (Å²) < 4.78 is 8.08. The summed E-state index contributed by atoms with van der Waals surface area (Å²) >= 11 is 0. The number of halogens is 1. The van der Waals surface area contributed by atoms with E-state index in [-0.39, 0.29) is 29.4 Å². The average Bonchev–Trinajstić information content (AvgIpc) is 3.11. The molecule has 2 aromatic heterocycles. The lowest BCUT2D eigenvalue weighted by Crippen LogP contribution is -2.63. The van der Waals surface area contributed by atoms with Crippen molar-refractivity contribution in [2.45, 2.75) is 65.0 Å². The quantitative estimate of drug-likeness (QED) is 0.232. The Labute approximate surface area is 191 Å². The Morgan fingerprint density at radius 1 is 1.31 bits per heavy atom. The van der Waals surface area contributed by atoms with Gasteiger partial charge in [-0.1, -0.05) is 33.3 Å². The third-order valence-electron chi connectivity index (χ3n) is 5.78. The molecule has 0 aliphatic heterocycles. The topological polar surface area (TPSA) is 75.8 Å². The number of nitrogens with zero attached hydrogens (tertiary/aromatic N) is 4. The van der Waals surface area contributed by atoms with Gasteiger partial charge in [0.2, 0.25) is 0 Å². The van der Waals surface area contributed by atoms with Crippen LogP contribution in [0.1, 0.15) is 52.3 Å². The number of nitrogens with one attached hydrogen (secondary N) is 2. The van der Waals surface area contributed by atoms with E-state index in [2.05, 4.69) is 46.6 Å². The molecule has 0 aromatic carbocycles. The molecule has 0 saturated heterocycles. The van der Waals surface area contributed by atoms with Gasteiger partial charge in [0.15, 0.2) is 11.6 Å². The number of aliphatic imine (C=N–C) groups is 1. The first kappa shape index (κ1) is 23.9. The molecule has 0 bridgehead atoms. The van der Waals surface area contributed by atoms with Gasteiger partial charge in [0, 0.05) is 44.3 Å². The Hall–Kier alpha value is -1.42. The van der Waals surface area contributed by atoms with E-state index >= 15 is 0 Å². The van der Waals surface area contributed by atoms with Gasteiger partial charge in [0.05, 0.1) is 6.10 Å². The Balaban J connectivity index is 0.00000300. The van der Waals surface area contributed by atoms with Gasteiger partial charge in [-0.3, -0.25) is 9.39 Å². The number of rotatable bonds is 9. The molecule has 2 unspecified atom stereocenters. The number of aryl methyl sites for hydroxylation is 1. The van der Waals surface area contributed by atoms with Crippen molar-refractivity contribution in [3.05, 3.63) is 30.2 Å². The van der Waals surface area contributed by atoms with Crippen LogP contribution in [-0.2, 0) is 11.2 Å². The van der Waals surface area contributed by atoms with Gasteiger partial charge < -0.3 is 15.4 Å². The van der Waals surface area contributed by atoms with Gasteiger partial charge in [0.1, 0.15) is 5.82 Å². The second-order valence-electron chi connectivity index (χ2n) is 8.11. The fraction of sp³-hybridized carbons (Fsp3) is 0.667. The first-order valence-corrected chi connectivity index (χ1v) is 10.4. The highest BCUT2D eigenvalue weighted by atomic mass is 127. The molecule has 0 amide bonds. The summed E-state index contributed by atoms with van der Waals surface area (Å²) in [4.78, 5) is 4.38. The largest absolute Gasteiger partial charge is 0.378 e. The third-order valence-corrected chi connectivity index (χ3v) is 5.78. The van der Waals surface area contributed by atoms with Gasteiger partial charge in [0.25, 0.3) is 0 Å². The monoisotopic (exact) mass is 514 g/mol. The molecular formula is C21H35IN6O. The number of aromatic nitrogens is 3. The summed E-state index contributed by atoms with van der Waals surface area (Å²) in [5.41, 5.74) is 1.01. The SMILES string of the molecule is CCCCOC1CC(NC(=NC)NCCCc2nnc3ccccn23)C1(C)C.I. The van der Waals surface area contributed by atoms with Crippen molar-refractivity contribution in [2.24, 2.45) is 10.4 Å². The number of pyridine rings is 1. The summed E-state index contributed by atoms with van der Waals surface area (Å²) in [5, 5.41) is 15.5. The summed E-state index contributed by atoms with van der Waals surface area (Å²) in [6, 6.07) is 6.33. The second-order valence-corrected chi connectivity index (χ2v) is 8.11. The minimum absolute atomic E-state index is 0. The zero-order chi connectivity index (χ0) is 20.0. The highest BCUT2D eigenvalue weighted by molar-refractivity contribution is 14.0. The molecule has 1 aliphatic carbocycles. The molecule has 1 saturated carbocycles. The average molecular weight is 514 g/mol. The van der Waals surface area contributed by atoms with Crippen LogP contribution in [0.2, 0.25) is 0 Å². The molecule has 0 spiro atoms. The molecule has 2 heterocycles. The summed E-state index contributed by atoms with van der Waals surface area (Å²) in [6.07, 6.45) is 7.52. The maximum atomic E-state index is 6.04. The van der Waals surface area contributed by atoms with Crippen molar-refractivity contribution in [1.29, 1.82) is 0 Å². The molecular weight excluding hydrogens is 479 g/mol. The van der Waals surface area contributed by atoms with Gasteiger partial charge in [-0.05, 0) is 31.4 Å². The molecule has 1 aliphatic rings. The number of fused-ring (bicyclic) bond motifs is 1. The van der Waals surface area contributed by atoms with E-state index in [9.17, 15) is 0 Å². The van der Waals surface area contributed by atoms with Crippen molar-refractivity contribution >= 4 is 35.6 Å². The Morgan fingerprint density at radius 2 is 2.14 bits per heavy atom. The molecule has 2 atom stereocenters. The number of ether oxygens (including phenoxy) is 1. The molecule has 1 fully saturated rings. The zero-order valence-corrected chi connectivity index (χ0v) is 20.3. The maximum absolute atomic E-state index is 6.04. The van der Waals surface area contributed by atoms with E-state index in [1.54, 1.807) is 0 Å². The minimum atomic E-state index is 0. The van der Waals surface area contributed by atoms with Crippen molar-refractivity contribution in [2.75, 3.05) is 20.2 Å². The number of unbranched alkanes of at least 4 members (excludes halogenated alkanes) is 1. The normalized spacial score (nSPS) is 20.8. The lowest BCUT2D eigenvalue weighted by Gasteiger charge is -2.52. The second kappa shape index (κ2) is 11.1. The standard InChI is InChI=1S/C21H34N6O.HI/c1-5-6-14-28-17-15-16(21(17,2)3)24-20(22-4)23-12-9-11-19-26-25-18-10-7-8-13-27(18)19;/h7-8,10,13,16-17H,5-6,9,11-12,14-15H2,1-4H3,(H2,22,23,24);1H. The van der Waals surface area contributed by atoms with Gasteiger partial charge >= 0.3 is 0 Å². The van der Waals surface area contributed by atoms with Crippen LogP contribution < -0.4 is 10.6 Å². The smallest absolute Gasteiger partial charge is 0.191 e. The van der Waals surface area contributed by atoms with E-state index in [4.69, 9.17) is 4.74 Å². The van der Waals surface area contributed by atoms with Crippen LogP contribution in [0.15, 0.2) is 29.4 Å². The van der Waals surface area contributed by atoms with Crippen LogP contribution in [0, 0.1) is 5.41 Å².